The van der Waals surface area contributed by atoms with Gasteiger partial charge in [0.05, 0.1) is 7.11 Å². The van der Waals surface area contributed by atoms with Crippen LogP contribution in [-0.4, -0.2) is 17.6 Å². The Bertz CT molecular complexity index is 321. The largest absolute Gasteiger partial charge is 0.481 e. The monoisotopic (exact) mass is 192 g/mol. The summed E-state index contributed by atoms with van der Waals surface area (Å²) >= 11 is 0. The lowest BCUT2D eigenvalue weighted by Gasteiger charge is -2.40. The second-order valence-electron chi connectivity index (χ2n) is 4.13. The summed E-state index contributed by atoms with van der Waals surface area (Å²) in [5.74, 6) is 0.665. The van der Waals surface area contributed by atoms with Crippen LogP contribution in [0.25, 0.3) is 0 Å². The Morgan fingerprint density at radius 3 is 2.86 bits per heavy atom. The Balaban J connectivity index is 2.08. The number of hydrogen-bond acceptors (Lipinski definition) is 3. The first-order valence-corrected chi connectivity index (χ1v) is 5.00. The van der Waals surface area contributed by atoms with Crippen LogP contribution in [0.2, 0.25) is 0 Å². The Morgan fingerprint density at radius 2 is 2.29 bits per heavy atom. The van der Waals surface area contributed by atoms with Crippen LogP contribution in [0.3, 0.4) is 0 Å². The third kappa shape index (κ3) is 1.81. The maximum absolute atomic E-state index is 5.07. The molecular formula is C11H16N2O. The molecule has 1 N–H and O–H groups in total. The fourth-order valence-electron chi connectivity index (χ4n) is 1.78. The van der Waals surface area contributed by atoms with Crippen molar-refractivity contribution in [1.29, 1.82) is 0 Å². The Hall–Kier alpha value is -1.25. The molecule has 1 saturated carbocycles. The zero-order valence-electron chi connectivity index (χ0n) is 8.71. The molecule has 14 heavy (non-hydrogen) atoms. The number of methoxy groups -OCH3 is 1. The second-order valence-corrected chi connectivity index (χ2v) is 4.13. The van der Waals surface area contributed by atoms with Gasteiger partial charge in [0.1, 0.15) is 0 Å². The second kappa shape index (κ2) is 3.48. The first-order chi connectivity index (χ1) is 6.72. The van der Waals surface area contributed by atoms with Crippen molar-refractivity contribution >= 4 is 5.69 Å². The topological polar surface area (TPSA) is 34.1 Å². The summed E-state index contributed by atoms with van der Waals surface area (Å²) in [6.45, 7) is 2.25. The summed E-state index contributed by atoms with van der Waals surface area (Å²) in [6, 6.07) is 3.91. The standard InChI is InChI=1S/C11H16N2O/c1-11(5-3-6-11)13-9-4-7-12-10(8-9)14-2/h4,7-8H,3,5-6H2,1-2H3,(H,12,13). The molecule has 0 atom stereocenters. The quantitative estimate of drug-likeness (QED) is 0.798. The van der Waals surface area contributed by atoms with Gasteiger partial charge in [-0.05, 0) is 32.3 Å². The highest BCUT2D eigenvalue weighted by Gasteiger charge is 2.31. The lowest BCUT2D eigenvalue weighted by molar-refractivity contribution is 0.306. The van der Waals surface area contributed by atoms with Crippen LogP contribution in [0.15, 0.2) is 18.3 Å². The van der Waals surface area contributed by atoms with E-state index in [0.717, 1.165) is 5.69 Å². The van der Waals surface area contributed by atoms with E-state index in [9.17, 15) is 0 Å². The molecule has 0 radical (unpaired) electrons. The van der Waals surface area contributed by atoms with E-state index < -0.39 is 0 Å². The smallest absolute Gasteiger partial charge is 0.214 e. The highest BCUT2D eigenvalue weighted by molar-refractivity contribution is 5.47. The first-order valence-electron chi connectivity index (χ1n) is 5.00. The highest BCUT2D eigenvalue weighted by Crippen LogP contribution is 2.34. The Kier molecular flexibility index (Phi) is 2.32. The van der Waals surface area contributed by atoms with Gasteiger partial charge in [-0.1, -0.05) is 0 Å². The highest BCUT2D eigenvalue weighted by atomic mass is 16.5. The van der Waals surface area contributed by atoms with Crippen LogP contribution >= 0.6 is 0 Å². The minimum Gasteiger partial charge on any atom is -0.481 e. The SMILES string of the molecule is COc1cc(NC2(C)CCC2)ccn1. The number of hydrogen-bond donors (Lipinski definition) is 1. The van der Waals surface area contributed by atoms with Gasteiger partial charge in [0.15, 0.2) is 0 Å². The van der Waals surface area contributed by atoms with Crippen molar-refractivity contribution in [2.75, 3.05) is 12.4 Å². The van der Waals surface area contributed by atoms with Gasteiger partial charge in [-0.2, -0.15) is 0 Å². The minimum absolute atomic E-state index is 0.284. The average Bonchev–Trinajstić information content (AvgIpc) is 2.16. The summed E-state index contributed by atoms with van der Waals surface area (Å²) in [5.41, 5.74) is 1.38. The lowest BCUT2D eigenvalue weighted by atomic mass is 9.78. The zero-order valence-corrected chi connectivity index (χ0v) is 8.71. The molecule has 1 aromatic rings. The molecule has 0 aromatic carbocycles. The number of aromatic nitrogens is 1. The molecular weight excluding hydrogens is 176 g/mol. The van der Waals surface area contributed by atoms with Gasteiger partial charge in [-0.3, -0.25) is 0 Å². The van der Waals surface area contributed by atoms with Crippen molar-refractivity contribution in [3.05, 3.63) is 18.3 Å². The first kappa shape index (κ1) is 9.31. The van der Waals surface area contributed by atoms with Gasteiger partial charge in [-0.25, -0.2) is 4.98 Å². The average molecular weight is 192 g/mol. The summed E-state index contributed by atoms with van der Waals surface area (Å²) in [6.07, 6.45) is 5.59. The predicted molar refractivity (Wildman–Crippen MR) is 56.7 cm³/mol. The number of nitrogens with zero attached hydrogens (tertiary/aromatic N) is 1. The van der Waals surface area contributed by atoms with Crippen molar-refractivity contribution < 1.29 is 4.74 Å². The minimum atomic E-state index is 0.284. The van der Waals surface area contributed by atoms with E-state index in [0.29, 0.717) is 5.88 Å². The summed E-state index contributed by atoms with van der Waals surface area (Å²) in [7, 11) is 1.64. The van der Waals surface area contributed by atoms with Crippen LogP contribution in [-0.2, 0) is 0 Å². The van der Waals surface area contributed by atoms with Crippen molar-refractivity contribution in [2.45, 2.75) is 31.7 Å². The van der Waals surface area contributed by atoms with E-state index in [1.807, 2.05) is 12.1 Å². The molecule has 0 spiro atoms. The molecule has 0 amide bonds. The van der Waals surface area contributed by atoms with Gasteiger partial charge in [0.25, 0.3) is 0 Å². The predicted octanol–water partition coefficient (Wildman–Crippen LogP) is 2.44. The van der Waals surface area contributed by atoms with Gasteiger partial charge in [-0.15, -0.1) is 0 Å². The van der Waals surface area contributed by atoms with E-state index in [1.165, 1.54) is 19.3 Å². The van der Waals surface area contributed by atoms with Gasteiger partial charge in [0, 0.05) is 23.5 Å². The van der Waals surface area contributed by atoms with Crippen molar-refractivity contribution in [3.8, 4) is 5.88 Å². The molecule has 2 rings (SSSR count). The normalized spacial score (nSPS) is 18.4. The van der Waals surface area contributed by atoms with Crippen molar-refractivity contribution in [3.63, 3.8) is 0 Å². The molecule has 0 aliphatic heterocycles. The van der Waals surface area contributed by atoms with E-state index >= 15 is 0 Å². The Morgan fingerprint density at radius 1 is 1.50 bits per heavy atom. The number of nitrogens with one attached hydrogen (secondary N) is 1. The van der Waals surface area contributed by atoms with Crippen LogP contribution < -0.4 is 10.1 Å². The van der Waals surface area contributed by atoms with Gasteiger partial charge in [0.2, 0.25) is 5.88 Å². The molecule has 76 valence electrons. The zero-order chi connectivity index (χ0) is 10.0. The van der Waals surface area contributed by atoms with Crippen LogP contribution in [0.4, 0.5) is 5.69 Å². The Labute approximate surface area is 84.5 Å². The summed E-state index contributed by atoms with van der Waals surface area (Å²) in [4.78, 5) is 4.07. The van der Waals surface area contributed by atoms with E-state index in [4.69, 9.17) is 4.74 Å². The van der Waals surface area contributed by atoms with Gasteiger partial charge >= 0.3 is 0 Å². The molecule has 1 aliphatic carbocycles. The van der Waals surface area contributed by atoms with Gasteiger partial charge < -0.3 is 10.1 Å². The molecule has 0 unspecified atom stereocenters. The molecule has 1 heterocycles. The third-order valence-corrected chi connectivity index (χ3v) is 2.85. The summed E-state index contributed by atoms with van der Waals surface area (Å²) < 4.78 is 5.07. The molecule has 3 heteroatoms. The molecule has 0 saturated heterocycles. The maximum atomic E-state index is 5.07. The fraction of sp³-hybridized carbons (Fsp3) is 0.545. The number of anilines is 1. The maximum Gasteiger partial charge on any atom is 0.214 e. The number of ether oxygens (including phenoxy) is 1. The number of pyridine rings is 1. The third-order valence-electron chi connectivity index (χ3n) is 2.85. The van der Waals surface area contributed by atoms with Crippen molar-refractivity contribution in [1.82, 2.24) is 4.98 Å². The molecule has 1 aliphatic rings. The molecule has 1 fully saturated rings. The van der Waals surface area contributed by atoms with Crippen LogP contribution in [0.1, 0.15) is 26.2 Å². The number of rotatable bonds is 3. The summed E-state index contributed by atoms with van der Waals surface area (Å²) in [5, 5.41) is 3.51. The van der Waals surface area contributed by atoms with E-state index in [-0.39, 0.29) is 5.54 Å². The van der Waals surface area contributed by atoms with Crippen LogP contribution in [0.5, 0.6) is 5.88 Å². The van der Waals surface area contributed by atoms with Crippen LogP contribution in [0, 0.1) is 0 Å². The van der Waals surface area contributed by atoms with Crippen molar-refractivity contribution in [2.24, 2.45) is 0 Å². The molecule has 1 aromatic heterocycles. The molecule has 3 nitrogen and oxygen atoms in total. The van der Waals surface area contributed by atoms with E-state index in [2.05, 4.69) is 17.2 Å². The van der Waals surface area contributed by atoms with E-state index in [1.54, 1.807) is 13.3 Å². The molecule has 0 bridgehead atoms. The lowest BCUT2D eigenvalue weighted by Crippen LogP contribution is -2.41. The fourth-order valence-corrected chi connectivity index (χ4v) is 1.78.